The van der Waals surface area contributed by atoms with E-state index in [0.717, 1.165) is 52.9 Å². The average Bonchev–Trinajstić information content (AvgIpc) is 2.73. The monoisotopic (exact) mass is 374 g/mol. The number of hydrogen-bond acceptors (Lipinski definition) is 3. The van der Waals surface area contributed by atoms with Crippen molar-refractivity contribution in [2.45, 2.75) is 45.4 Å². The van der Waals surface area contributed by atoms with Gasteiger partial charge in [0, 0.05) is 18.0 Å². The van der Waals surface area contributed by atoms with E-state index in [9.17, 15) is 9.90 Å². The molecule has 0 aliphatic rings. The number of carbonyl (C=O) groups is 1. The molecule has 0 fully saturated rings. The second kappa shape index (κ2) is 9.27. The summed E-state index contributed by atoms with van der Waals surface area (Å²) in [4.78, 5) is 20.4. The first-order valence-corrected chi connectivity index (χ1v) is 9.86. The summed E-state index contributed by atoms with van der Waals surface area (Å²) < 4.78 is 0. The maximum Gasteiger partial charge on any atom is 0.310 e. The van der Waals surface area contributed by atoms with Crippen molar-refractivity contribution in [3.8, 4) is 22.5 Å². The Morgan fingerprint density at radius 3 is 1.89 bits per heavy atom. The predicted molar refractivity (Wildman–Crippen MR) is 112 cm³/mol. The number of carboxylic acids is 1. The molecular formula is C24H26N2O2. The standard InChI is InChI=1S/C24H26N2O2/c1-3-5-17-15-25-23(26-16-17)21-13-9-19(10-14-21)18-7-11-20(12-8-18)22(6-4-2)24(27)28/h7-16,22H,3-6H2,1-2H3,(H,27,28). The average molecular weight is 374 g/mol. The molecule has 0 aliphatic heterocycles. The van der Waals surface area contributed by atoms with Crippen LogP contribution in [0.2, 0.25) is 0 Å². The number of rotatable bonds is 8. The molecule has 0 amide bonds. The minimum absolute atomic E-state index is 0.436. The van der Waals surface area contributed by atoms with Crippen molar-refractivity contribution >= 4 is 5.97 Å². The molecule has 2 aromatic carbocycles. The van der Waals surface area contributed by atoms with Gasteiger partial charge in [-0.15, -0.1) is 0 Å². The highest BCUT2D eigenvalue weighted by Gasteiger charge is 2.18. The Hall–Kier alpha value is -3.01. The van der Waals surface area contributed by atoms with E-state index in [1.807, 2.05) is 67.8 Å². The fraction of sp³-hybridized carbons (Fsp3) is 0.292. The zero-order valence-electron chi connectivity index (χ0n) is 16.4. The highest BCUT2D eigenvalue weighted by molar-refractivity contribution is 5.76. The van der Waals surface area contributed by atoms with Crippen molar-refractivity contribution < 1.29 is 9.90 Å². The fourth-order valence-corrected chi connectivity index (χ4v) is 3.36. The highest BCUT2D eigenvalue weighted by Crippen LogP contribution is 2.27. The van der Waals surface area contributed by atoms with Gasteiger partial charge in [0.05, 0.1) is 5.92 Å². The molecule has 3 aromatic rings. The van der Waals surface area contributed by atoms with E-state index in [0.29, 0.717) is 6.42 Å². The molecule has 144 valence electrons. The van der Waals surface area contributed by atoms with E-state index in [1.165, 1.54) is 0 Å². The molecule has 3 rings (SSSR count). The first-order valence-electron chi connectivity index (χ1n) is 9.86. The van der Waals surface area contributed by atoms with Gasteiger partial charge in [0.25, 0.3) is 0 Å². The van der Waals surface area contributed by atoms with Crippen LogP contribution in [-0.2, 0) is 11.2 Å². The van der Waals surface area contributed by atoms with Gasteiger partial charge < -0.3 is 5.11 Å². The zero-order chi connectivity index (χ0) is 19.9. The van der Waals surface area contributed by atoms with Crippen molar-refractivity contribution in [1.82, 2.24) is 9.97 Å². The van der Waals surface area contributed by atoms with Gasteiger partial charge in [-0.2, -0.15) is 0 Å². The quantitative estimate of drug-likeness (QED) is 0.547. The van der Waals surface area contributed by atoms with Crippen LogP contribution < -0.4 is 0 Å². The third kappa shape index (κ3) is 4.63. The van der Waals surface area contributed by atoms with E-state index in [4.69, 9.17) is 0 Å². The summed E-state index contributed by atoms with van der Waals surface area (Å²) in [5, 5.41) is 9.42. The predicted octanol–water partition coefficient (Wildman–Crippen LogP) is 5.73. The number of benzene rings is 2. The van der Waals surface area contributed by atoms with E-state index in [1.54, 1.807) is 0 Å². The Morgan fingerprint density at radius 1 is 0.857 bits per heavy atom. The van der Waals surface area contributed by atoms with Crippen molar-refractivity contribution in [3.63, 3.8) is 0 Å². The normalized spacial score (nSPS) is 11.9. The van der Waals surface area contributed by atoms with Crippen molar-refractivity contribution in [1.29, 1.82) is 0 Å². The summed E-state index contributed by atoms with van der Waals surface area (Å²) in [6, 6.07) is 16.0. The molecule has 0 saturated heterocycles. The molecule has 0 bridgehead atoms. The summed E-state index contributed by atoms with van der Waals surface area (Å²) in [7, 11) is 0. The molecule has 1 unspecified atom stereocenters. The van der Waals surface area contributed by atoms with Gasteiger partial charge in [0.15, 0.2) is 5.82 Å². The number of nitrogens with zero attached hydrogens (tertiary/aromatic N) is 2. The van der Waals surface area contributed by atoms with E-state index < -0.39 is 11.9 Å². The largest absolute Gasteiger partial charge is 0.481 e. The Kier molecular flexibility index (Phi) is 6.53. The molecule has 0 radical (unpaired) electrons. The molecule has 28 heavy (non-hydrogen) atoms. The summed E-state index contributed by atoms with van der Waals surface area (Å²) in [5.41, 5.74) is 5.15. The number of carboxylic acid groups (broad SMARTS) is 1. The van der Waals surface area contributed by atoms with Crippen LogP contribution in [0.3, 0.4) is 0 Å². The molecule has 0 spiro atoms. The SMILES string of the molecule is CCCc1cnc(-c2ccc(-c3ccc(C(CCC)C(=O)O)cc3)cc2)nc1. The molecule has 0 saturated carbocycles. The number of hydrogen-bond donors (Lipinski definition) is 1. The smallest absolute Gasteiger partial charge is 0.310 e. The van der Waals surface area contributed by atoms with Gasteiger partial charge in [-0.05, 0) is 35.1 Å². The summed E-state index contributed by atoms with van der Waals surface area (Å²) in [5.74, 6) is -0.469. The summed E-state index contributed by atoms with van der Waals surface area (Å²) in [6.07, 6.45) is 7.38. The Balaban J connectivity index is 1.76. The van der Waals surface area contributed by atoms with Crippen molar-refractivity contribution in [2.24, 2.45) is 0 Å². The lowest BCUT2D eigenvalue weighted by atomic mass is 9.93. The highest BCUT2D eigenvalue weighted by atomic mass is 16.4. The third-order valence-corrected chi connectivity index (χ3v) is 4.91. The topological polar surface area (TPSA) is 63.1 Å². The molecule has 1 atom stereocenters. The van der Waals surface area contributed by atoms with Crippen molar-refractivity contribution in [3.05, 3.63) is 72.1 Å². The van der Waals surface area contributed by atoms with Crippen LogP contribution >= 0.6 is 0 Å². The maximum absolute atomic E-state index is 11.5. The lowest BCUT2D eigenvalue weighted by molar-refractivity contribution is -0.139. The minimum atomic E-state index is -0.760. The second-order valence-electron chi connectivity index (χ2n) is 7.04. The first-order chi connectivity index (χ1) is 13.6. The second-order valence-corrected chi connectivity index (χ2v) is 7.04. The van der Waals surface area contributed by atoms with Gasteiger partial charge in [-0.1, -0.05) is 75.2 Å². The Bertz CT molecular complexity index is 901. The molecule has 1 heterocycles. The lowest BCUT2D eigenvalue weighted by Gasteiger charge is -2.12. The van der Waals surface area contributed by atoms with E-state index in [-0.39, 0.29) is 0 Å². The minimum Gasteiger partial charge on any atom is -0.481 e. The zero-order valence-corrected chi connectivity index (χ0v) is 16.4. The van der Waals surface area contributed by atoms with Gasteiger partial charge in [-0.25, -0.2) is 9.97 Å². The van der Waals surface area contributed by atoms with E-state index in [2.05, 4.69) is 16.9 Å². The molecule has 0 aliphatic carbocycles. The van der Waals surface area contributed by atoms with Crippen LogP contribution in [0.15, 0.2) is 60.9 Å². The van der Waals surface area contributed by atoms with Crippen LogP contribution in [0.25, 0.3) is 22.5 Å². The number of aliphatic carboxylic acids is 1. The fourth-order valence-electron chi connectivity index (χ4n) is 3.36. The summed E-state index contributed by atoms with van der Waals surface area (Å²) >= 11 is 0. The first kappa shape index (κ1) is 19.7. The van der Waals surface area contributed by atoms with Crippen LogP contribution in [0.4, 0.5) is 0 Å². The van der Waals surface area contributed by atoms with Crippen molar-refractivity contribution in [2.75, 3.05) is 0 Å². The van der Waals surface area contributed by atoms with Gasteiger partial charge in [0.2, 0.25) is 0 Å². The Labute approximate surface area is 166 Å². The van der Waals surface area contributed by atoms with Gasteiger partial charge in [0.1, 0.15) is 0 Å². The summed E-state index contributed by atoms with van der Waals surface area (Å²) in [6.45, 7) is 4.15. The van der Waals surface area contributed by atoms with Gasteiger partial charge >= 0.3 is 5.97 Å². The van der Waals surface area contributed by atoms with Crippen LogP contribution in [0.1, 0.15) is 50.2 Å². The molecule has 1 N–H and O–H groups in total. The molecule has 4 heteroatoms. The van der Waals surface area contributed by atoms with E-state index >= 15 is 0 Å². The molecule has 1 aromatic heterocycles. The molecular weight excluding hydrogens is 348 g/mol. The third-order valence-electron chi connectivity index (χ3n) is 4.91. The van der Waals surface area contributed by atoms with Crippen LogP contribution in [0.5, 0.6) is 0 Å². The van der Waals surface area contributed by atoms with Crippen LogP contribution in [-0.4, -0.2) is 21.0 Å². The Morgan fingerprint density at radius 2 is 1.39 bits per heavy atom. The number of aromatic nitrogens is 2. The number of aryl methyl sites for hydroxylation is 1. The lowest BCUT2D eigenvalue weighted by Crippen LogP contribution is -2.11. The maximum atomic E-state index is 11.5. The molecule has 4 nitrogen and oxygen atoms in total. The van der Waals surface area contributed by atoms with Gasteiger partial charge in [-0.3, -0.25) is 4.79 Å². The van der Waals surface area contributed by atoms with Crippen LogP contribution in [0, 0.1) is 0 Å².